The molecule has 0 amide bonds. The highest BCUT2D eigenvalue weighted by atomic mass is 32.2. The van der Waals surface area contributed by atoms with Crippen molar-refractivity contribution in [3.63, 3.8) is 0 Å². The van der Waals surface area contributed by atoms with Gasteiger partial charge in [-0.2, -0.15) is 0 Å². The van der Waals surface area contributed by atoms with Crippen LogP contribution < -0.4 is 4.74 Å². The van der Waals surface area contributed by atoms with E-state index in [9.17, 15) is 9.90 Å². The number of nitrogens with zero attached hydrogens (tertiary/aromatic N) is 1. The summed E-state index contributed by atoms with van der Waals surface area (Å²) in [6.45, 7) is 0. The third-order valence-corrected chi connectivity index (χ3v) is 3.68. The summed E-state index contributed by atoms with van der Waals surface area (Å²) in [5, 5.41) is 9.19. The Labute approximate surface area is 115 Å². The maximum atomic E-state index is 11.2. The minimum absolute atomic E-state index is 0.216. The van der Waals surface area contributed by atoms with Crippen molar-refractivity contribution >= 4 is 17.7 Å². The van der Waals surface area contributed by atoms with Crippen LogP contribution in [0, 0.1) is 0 Å². The Kier molecular flexibility index (Phi) is 4.41. The summed E-state index contributed by atoms with van der Waals surface area (Å²) in [4.78, 5) is 15.8. The van der Waals surface area contributed by atoms with E-state index in [-0.39, 0.29) is 5.56 Å². The van der Waals surface area contributed by atoms with Crippen molar-refractivity contribution in [1.29, 1.82) is 0 Å². The smallest absolute Gasteiger partial charge is 0.337 e. The molecule has 2 aromatic rings. The molecule has 0 atom stereocenters. The standard InChI is InChI=1S/C14H13NO3S/c1-18-13-12(11(14(16)17)7-8-15-13)19-9-10-5-3-2-4-6-10/h2-8H,9H2,1H3,(H,16,17). The Morgan fingerprint density at radius 2 is 2.05 bits per heavy atom. The first-order chi connectivity index (χ1) is 9.22. The van der Waals surface area contributed by atoms with E-state index in [0.717, 1.165) is 5.56 Å². The first-order valence-corrected chi connectivity index (χ1v) is 6.64. The number of aromatic nitrogens is 1. The molecule has 0 saturated carbocycles. The third-order valence-electron chi connectivity index (χ3n) is 2.52. The van der Waals surface area contributed by atoms with Gasteiger partial charge < -0.3 is 9.84 Å². The van der Waals surface area contributed by atoms with Gasteiger partial charge in [0.25, 0.3) is 0 Å². The number of thioether (sulfide) groups is 1. The van der Waals surface area contributed by atoms with Gasteiger partial charge in [0.2, 0.25) is 5.88 Å². The number of aromatic carboxylic acids is 1. The number of pyridine rings is 1. The number of carboxylic acid groups (broad SMARTS) is 1. The van der Waals surface area contributed by atoms with E-state index in [2.05, 4.69) is 4.98 Å². The predicted octanol–water partition coefficient (Wildman–Crippen LogP) is 3.08. The number of benzene rings is 1. The largest absolute Gasteiger partial charge is 0.480 e. The molecule has 0 unspecified atom stereocenters. The Hall–Kier alpha value is -2.01. The number of hydrogen-bond acceptors (Lipinski definition) is 4. The Morgan fingerprint density at radius 3 is 2.68 bits per heavy atom. The molecule has 98 valence electrons. The van der Waals surface area contributed by atoms with Crippen molar-refractivity contribution in [2.45, 2.75) is 10.6 Å². The fourth-order valence-corrected chi connectivity index (χ4v) is 2.69. The number of hydrogen-bond donors (Lipinski definition) is 1. The van der Waals surface area contributed by atoms with Crippen LogP contribution in [0.2, 0.25) is 0 Å². The van der Waals surface area contributed by atoms with Gasteiger partial charge in [-0.05, 0) is 11.6 Å². The van der Waals surface area contributed by atoms with E-state index in [1.807, 2.05) is 30.3 Å². The van der Waals surface area contributed by atoms with E-state index < -0.39 is 5.97 Å². The number of carboxylic acids is 1. The molecule has 2 rings (SSSR count). The molecule has 5 heteroatoms. The van der Waals surface area contributed by atoms with Gasteiger partial charge in [0.05, 0.1) is 17.6 Å². The van der Waals surface area contributed by atoms with Crippen molar-refractivity contribution in [1.82, 2.24) is 4.98 Å². The van der Waals surface area contributed by atoms with Gasteiger partial charge in [-0.25, -0.2) is 9.78 Å². The predicted molar refractivity (Wildman–Crippen MR) is 73.8 cm³/mol. The molecular formula is C14H13NO3S. The van der Waals surface area contributed by atoms with E-state index in [1.165, 1.54) is 31.1 Å². The van der Waals surface area contributed by atoms with Gasteiger partial charge in [0, 0.05) is 11.9 Å². The van der Waals surface area contributed by atoms with Crippen molar-refractivity contribution < 1.29 is 14.6 Å². The van der Waals surface area contributed by atoms with Crippen molar-refractivity contribution in [2.24, 2.45) is 0 Å². The van der Waals surface area contributed by atoms with Crippen LogP contribution in [-0.4, -0.2) is 23.2 Å². The lowest BCUT2D eigenvalue weighted by Crippen LogP contribution is -2.02. The highest BCUT2D eigenvalue weighted by Crippen LogP contribution is 2.33. The van der Waals surface area contributed by atoms with Gasteiger partial charge >= 0.3 is 5.97 Å². The summed E-state index contributed by atoms with van der Waals surface area (Å²) in [6.07, 6.45) is 1.44. The molecule has 0 aliphatic rings. The summed E-state index contributed by atoms with van der Waals surface area (Å²) in [7, 11) is 1.49. The molecule has 0 aliphatic carbocycles. The molecule has 0 fully saturated rings. The Bertz CT molecular complexity index is 572. The Morgan fingerprint density at radius 1 is 1.32 bits per heavy atom. The third kappa shape index (κ3) is 3.26. The number of ether oxygens (including phenoxy) is 1. The fourth-order valence-electron chi connectivity index (χ4n) is 1.61. The molecule has 19 heavy (non-hydrogen) atoms. The highest BCUT2D eigenvalue weighted by Gasteiger charge is 2.16. The average Bonchev–Trinajstić information content (AvgIpc) is 2.45. The lowest BCUT2D eigenvalue weighted by Gasteiger charge is -2.09. The first-order valence-electron chi connectivity index (χ1n) is 5.65. The normalized spacial score (nSPS) is 10.2. The zero-order valence-electron chi connectivity index (χ0n) is 10.4. The van der Waals surface area contributed by atoms with Gasteiger partial charge in [0.15, 0.2) is 0 Å². The highest BCUT2D eigenvalue weighted by molar-refractivity contribution is 7.98. The number of rotatable bonds is 5. The molecule has 0 radical (unpaired) electrons. The second kappa shape index (κ2) is 6.24. The molecule has 1 N–H and O–H groups in total. The lowest BCUT2D eigenvalue weighted by molar-refractivity contribution is 0.0692. The summed E-state index contributed by atoms with van der Waals surface area (Å²) in [5.74, 6) is 0.0421. The molecular weight excluding hydrogens is 262 g/mol. The van der Waals surface area contributed by atoms with Crippen LogP contribution in [0.4, 0.5) is 0 Å². The zero-order valence-corrected chi connectivity index (χ0v) is 11.2. The van der Waals surface area contributed by atoms with Gasteiger partial charge in [-0.3, -0.25) is 0 Å². The van der Waals surface area contributed by atoms with Crippen LogP contribution >= 0.6 is 11.8 Å². The van der Waals surface area contributed by atoms with Crippen LogP contribution in [0.25, 0.3) is 0 Å². The second-order valence-electron chi connectivity index (χ2n) is 3.78. The van der Waals surface area contributed by atoms with Crippen molar-refractivity contribution in [2.75, 3.05) is 7.11 Å². The summed E-state index contributed by atoms with van der Waals surface area (Å²) < 4.78 is 5.13. The topological polar surface area (TPSA) is 59.4 Å². The van der Waals surface area contributed by atoms with Crippen molar-refractivity contribution in [3.05, 3.63) is 53.7 Å². The fraction of sp³-hybridized carbons (Fsp3) is 0.143. The van der Waals surface area contributed by atoms with Crippen LogP contribution in [0.1, 0.15) is 15.9 Å². The Balaban J connectivity index is 2.25. The SMILES string of the molecule is COc1nccc(C(=O)O)c1SCc1ccccc1. The molecule has 0 saturated heterocycles. The zero-order chi connectivity index (χ0) is 13.7. The van der Waals surface area contributed by atoms with Gasteiger partial charge in [-0.15, -0.1) is 11.8 Å². The molecule has 0 spiro atoms. The van der Waals surface area contributed by atoms with E-state index in [4.69, 9.17) is 4.74 Å². The maximum absolute atomic E-state index is 11.2. The molecule has 0 aliphatic heterocycles. The van der Waals surface area contributed by atoms with E-state index >= 15 is 0 Å². The van der Waals surface area contributed by atoms with E-state index in [0.29, 0.717) is 16.5 Å². The molecule has 1 aromatic carbocycles. The van der Waals surface area contributed by atoms with Crippen LogP contribution in [0.5, 0.6) is 5.88 Å². The minimum atomic E-state index is -0.976. The van der Waals surface area contributed by atoms with Crippen molar-refractivity contribution in [3.8, 4) is 5.88 Å². The monoisotopic (exact) mass is 275 g/mol. The van der Waals surface area contributed by atoms with Crippen LogP contribution in [0.3, 0.4) is 0 Å². The van der Waals surface area contributed by atoms with Crippen LogP contribution in [0.15, 0.2) is 47.5 Å². The first kappa shape index (κ1) is 13.4. The lowest BCUT2D eigenvalue weighted by atomic mass is 10.2. The van der Waals surface area contributed by atoms with Crippen LogP contribution in [-0.2, 0) is 5.75 Å². The molecule has 1 aromatic heterocycles. The maximum Gasteiger partial charge on any atom is 0.337 e. The van der Waals surface area contributed by atoms with Gasteiger partial charge in [0.1, 0.15) is 0 Å². The number of methoxy groups -OCH3 is 1. The average molecular weight is 275 g/mol. The van der Waals surface area contributed by atoms with Gasteiger partial charge in [-0.1, -0.05) is 30.3 Å². The number of carbonyl (C=O) groups is 1. The van der Waals surface area contributed by atoms with E-state index in [1.54, 1.807) is 0 Å². The second-order valence-corrected chi connectivity index (χ2v) is 4.76. The molecule has 0 bridgehead atoms. The summed E-state index contributed by atoms with van der Waals surface area (Å²) >= 11 is 1.41. The quantitative estimate of drug-likeness (QED) is 0.850. The molecule has 4 nitrogen and oxygen atoms in total. The minimum Gasteiger partial charge on any atom is -0.480 e. The molecule has 1 heterocycles. The summed E-state index contributed by atoms with van der Waals surface area (Å²) in [5.41, 5.74) is 1.34. The summed E-state index contributed by atoms with van der Waals surface area (Å²) in [6, 6.07) is 11.3.